The van der Waals surface area contributed by atoms with Crippen molar-refractivity contribution in [3.05, 3.63) is 231 Å². The summed E-state index contributed by atoms with van der Waals surface area (Å²) < 4.78 is 0. The minimum absolute atomic E-state index is 1.15. The molecule has 16 aromatic rings. The Balaban J connectivity index is 0.899. The van der Waals surface area contributed by atoms with Gasteiger partial charge in [0.1, 0.15) is 0 Å². The van der Waals surface area contributed by atoms with E-state index in [0.717, 1.165) is 22.7 Å². The predicted molar refractivity (Wildman–Crippen MR) is 293 cm³/mol. The molecule has 0 saturated heterocycles. The highest BCUT2D eigenvalue weighted by molar-refractivity contribution is 6.45. The molecule has 0 aliphatic rings. The molecule has 0 atom stereocenters. The highest BCUT2D eigenvalue weighted by atomic mass is 15.1. The lowest BCUT2D eigenvalue weighted by Crippen LogP contribution is -2.10. The van der Waals surface area contributed by atoms with Crippen molar-refractivity contribution in [1.82, 2.24) is 0 Å². The Labute approximate surface area is 391 Å². The molecule has 0 aliphatic heterocycles. The molecular formula is C66H38N2. The number of anilines is 6. The van der Waals surface area contributed by atoms with E-state index in [1.54, 1.807) is 0 Å². The Morgan fingerprint density at radius 1 is 0.162 bits per heavy atom. The number of rotatable bonds is 6. The maximum atomic E-state index is 2.50. The van der Waals surface area contributed by atoms with E-state index in [-0.39, 0.29) is 0 Å². The number of nitrogens with zero attached hydrogens (tertiary/aromatic N) is 2. The van der Waals surface area contributed by atoms with Crippen LogP contribution in [0.25, 0.3) is 118 Å². The first-order valence-electron chi connectivity index (χ1n) is 23.7. The van der Waals surface area contributed by atoms with Gasteiger partial charge in [-0.15, -0.1) is 0 Å². The summed E-state index contributed by atoms with van der Waals surface area (Å²) >= 11 is 0. The second-order valence-corrected chi connectivity index (χ2v) is 18.7. The van der Waals surface area contributed by atoms with Gasteiger partial charge in [-0.3, -0.25) is 0 Å². The Morgan fingerprint density at radius 3 is 0.691 bits per heavy atom. The van der Waals surface area contributed by atoms with Crippen LogP contribution in [0.2, 0.25) is 0 Å². The minimum atomic E-state index is 1.15. The zero-order chi connectivity index (χ0) is 44.2. The van der Waals surface area contributed by atoms with Gasteiger partial charge in [0, 0.05) is 33.5 Å². The predicted octanol–water partition coefficient (Wildman–Crippen LogP) is 19.1. The summed E-state index contributed by atoms with van der Waals surface area (Å²) in [5, 5.41) is 29.1. The van der Waals surface area contributed by atoms with E-state index in [9.17, 15) is 0 Å². The first kappa shape index (κ1) is 36.3. The molecule has 0 fully saturated rings. The summed E-state index contributed by atoms with van der Waals surface area (Å²) in [7, 11) is 0. The molecule has 68 heavy (non-hydrogen) atoms. The van der Waals surface area contributed by atoms with Crippen LogP contribution < -0.4 is 9.80 Å². The Morgan fingerprint density at radius 2 is 0.397 bits per heavy atom. The molecule has 16 aromatic carbocycles. The maximum Gasteiger partial charge on any atom is 0.0540 e. The molecule has 312 valence electrons. The fourth-order valence-electron chi connectivity index (χ4n) is 12.6. The van der Waals surface area contributed by atoms with E-state index >= 15 is 0 Å². The average Bonchev–Trinajstić information content (AvgIpc) is 4.11. The van der Waals surface area contributed by atoms with Crippen LogP contribution in [-0.2, 0) is 0 Å². The molecule has 0 spiro atoms. The molecule has 0 bridgehead atoms. The Bertz CT molecular complexity index is 4130. The third-order valence-electron chi connectivity index (χ3n) is 15.4. The molecule has 0 unspecified atom stereocenters. The van der Waals surface area contributed by atoms with Crippen molar-refractivity contribution in [1.29, 1.82) is 0 Å². The van der Waals surface area contributed by atoms with Crippen LogP contribution >= 0.6 is 0 Å². The smallest absolute Gasteiger partial charge is 0.0540 e. The first-order chi connectivity index (χ1) is 33.8. The molecule has 0 radical (unpaired) electrons. The van der Waals surface area contributed by atoms with Crippen LogP contribution in [0, 0.1) is 0 Å². The van der Waals surface area contributed by atoms with Crippen LogP contribution in [0.1, 0.15) is 0 Å². The molecule has 16 rings (SSSR count). The largest absolute Gasteiger partial charge is 0.310 e. The van der Waals surface area contributed by atoms with Crippen LogP contribution in [0.15, 0.2) is 231 Å². The van der Waals surface area contributed by atoms with Gasteiger partial charge in [0.25, 0.3) is 0 Å². The molecule has 2 nitrogen and oxygen atoms in total. The molecule has 0 aliphatic carbocycles. The SMILES string of the molecule is c1ccc(N(c2ccccc2)c2ccc3c4cc5c(cc4c4cccc2c43)c2ccc3c4cc6c(cc4c4ccc5c2c34)c2ccc(N(c3ccccc3)c3ccccc3)c3cccc6c32)cc1. The van der Waals surface area contributed by atoms with Crippen molar-refractivity contribution in [2.45, 2.75) is 0 Å². The maximum absolute atomic E-state index is 2.50. The van der Waals surface area contributed by atoms with Gasteiger partial charge in [0.2, 0.25) is 0 Å². The van der Waals surface area contributed by atoms with E-state index < -0.39 is 0 Å². The lowest BCUT2D eigenvalue weighted by molar-refractivity contribution is 1.30. The van der Waals surface area contributed by atoms with Gasteiger partial charge in [-0.05, 0) is 193 Å². The second kappa shape index (κ2) is 13.3. The summed E-state index contributed by atoms with van der Waals surface area (Å²) in [6.45, 7) is 0. The van der Waals surface area contributed by atoms with Crippen LogP contribution in [0.4, 0.5) is 34.1 Å². The zero-order valence-corrected chi connectivity index (χ0v) is 36.8. The van der Waals surface area contributed by atoms with Gasteiger partial charge >= 0.3 is 0 Å². The lowest BCUT2D eigenvalue weighted by atomic mass is 10.0. The quantitative estimate of drug-likeness (QED) is 0.164. The minimum Gasteiger partial charge on any atom is -0.310 e. The Kier molecular flexibility index (Phi) is 7.10. The summed E-state index contributed by atoms with van der Waals surface area (Å²) in [6, 6.07) is 85.8. The van der Waals surface area contributed by atoms with E-state index in [2.05, 4.69) is 240 Å². The standard InChI is InChI=1S/C66H38N2/c1-5-15-39(16-6-1)67(40-17-7-2-8-18-40)61-33-31-45-55-37-59-49-29-30-50-60-38-56-46-32-34-62(68(41-19-9-3-10-20-41)42-21-11-4-12-22-42)52-26-14-24-44(64(46)52)54(56)36-58(60)48-28-27-47(65(49)66(48)50)57(59)35-53(55)43-23-13-25-51(61)63(43)45/h1-38H. The molecule has 0 aromatic heterocycles. The fourth-order valence-corrected chi connectivity index (χ4v) is 12.6. The third-order valence-corrected chi connectivity index (χ3v) is 15.4. The number of benzene rings is 12. The molecular weight excluding hydrogens is 821 g/mol. The lowest BCUT2D eigenvalue weighted by Gasteiger charge is -2.27. The second-order valence-electron chi connectivity index (χ2n) is 18.7. The van der Waals surface area contributed by atoms with Gasteiger partial charge in [0.05, 0.1) is 11.4 Å². The van der Waals surface area contributed by atoms with Crippen LogP contribution in [0.5, 0.6) is 0 Å². The van der Waals surface area contributed by atoms with Crippen molar-refractivity contribution >= 4 is 153 Å². The van der Waals surface area contributed by atoms with Gasteiger partial charge in [-0.25, -0.2) is 0 Å². The highest BCUT2D eigenvalue weighted by Gasteiger charge is 2.25. The normalized spacial score (nSPS) is 12.4. The van der Waals surface area contributed by atoms with Gasteiger partial charge in [-0.1, -0.05) is 146 Å². The highest BCUT2D eigenvalue weighted by Crippen LogP contribution is 2.53. The van der Waals surface area contributed by atoms with E-state index in [1.165, 1.54) is 130 Å². The van der Waals surface area contributed by atoms with E-state index in [4.69, 9.17) is 0 Å². The molecule has 0 saturated carbocycles. The molecule has 2 heteroatoms. The summed E-state index contributed by atoms with van der Waals surface area (Å²) in [5.41, 5.74) is 6.95. The average molecular weight is 859 g/mol. The topological polar surface area (TPSA) is 6.48 Å². The monoisotopic (exact) mass is 858 g/mol. The van der Waals surface area contributed by atoms with Gasteiger partial charge in [-0.2, -0.15) is 0 Å². The Hall–Kier alpha value is -8.98. The number of hydrogen-bond donors (Lipinski definition) is 0. The van der Waals surface area contributed by atoms with Crippen LogP contribution in [0.3, 0.4) is 0 Å². The number of para-hydroxylation sites is 4. The third kappa shape index (κ3) is 4.70. The van der Waals surface area contributed by atoms with E-state index in [1.807, 2.05) is 0 Å². The molecule has 0 heterocycles. The number of fused-ring (bicyclic) bond motifs is 12. The summed E-state index contributed by atoms with van der Waals surface area (Å²) in [6.07, 6.45) is 0. The first-order valence-corrected chi connectivity index (χ1v) is 23.7. The van der Waals surface area contributed by atoms with Crippen molar-refractivity contribution in [3.63, 3.8) is 0 Å². The fraction of sp³-hybridized carbons (Fsp3) is 0. The van der Waals surface area contributed by atoms with Gasteiger partial charge < -0.3 is 9.80 Å². The summed E-state index contributed by atoms with van der Waals surface area (Å²) in [4.78, 5) is 4.79. The van der Waals surface area contributed by atoms with E-state index in [0.29, 0.717) is 0 Å². The molecule has 0 N–H and O–H groups in total. The molecule has 0 amide bonds. The van der Waals surface area contributed by atoms with Crippen molar-refractivity contribution in [2.24, 2.45) is 0 Å². The number of hydrogen-bond acceptors (Lipinski definition) is 2. The van der Waals surface area contributed by atoms with Crippen molar-refractivity contribution in [2.75, 3.05) is 9.80 Å². The zero-order valence-electron chi connectivity index (χ0n) is 36.8. The van der Waals surface area contributed by atoms with Crippen LogP contribution in [-0.4, -0.2) is 0 Å². The van der Waals surface area contributed by atoms with Crippen molar-refractivity contribution < 1.29 is 0 Å². The summed E-state index contributed by atoms with van der Waals surface area (Å²) in [5.74, 6) is 0. The van der Waals surface area contributed by atoms with Gasteiger partial charge in [0.15, 0.2) is 0 Å². The van der Waals surface area contributed by atoms with Crippen molar-refractivity contribution in [3.8, 4) is 0 Å².